The summed E-state index contributed by atoms with van der Waals surface area (Å²) in [7, 11) is 0. The molecule has 1 aromatic carbocycles. The maximum atomic E-state index is 5.85. The lowest BCUT2D eigenvalue weighted by Gasteiger charge is -2.13. The normalized spacial score (nSPS) is 12.4. The minimum Gasteiger partial charge on any atom is -0.493 e. The van der Waals surface area contributed by atoms with E-state index in [1.165, 1.54) is 18.4 Å². The van der Waals surface area contributed by atoms with Crippen LogP contribution in [0, 0.1) is 0 Å². The van der Waals surface area contributed by atoms with Crippen molar-refractivity contribution >= 4 is 0 Å². The summed E-state index contributed by atoms with van der Waals surface area (Å²) in [6, 6.07) is 8.95. The molecule has 2 heteroatoms. The minimum atomic E-state index is 0.623. The summed E-state index contributed by atoms with van der Waals surface area (Å²) in [5.74, 6) is 1.06. The summed E-state index contributed by atoms with van der Waals surface area (Å²) >= 11 is 0. The zero-order chi connectivity index (χ0) is 13.2. The van der Waals surface area contributed by atoms with Crippen molar-refractivity contribution in [3.8, 4) is 5.75 Å². The molecule has 1 rings (SSSR count). The van der Waals surface area contributed by atoms with E-state index in [1.807, 2.05) is 6.07 Å². The molecule has 0 fully saturated rings. The van der Waals surface area contributed by atoms with E-state index in [-0.39, 0.29) is 0 Å². The van der Waals surface area contributed by atoms with Gasteiger partial charge in [0.2, 0.25) is 0 Å². The summed E-state index contributed by atoms with van der Waals surface area (Å²) in [6.07, 6.45) is 4.62. The van der Waals surface area contributed by atoms with Crippen molar-refractivity contribution in [2.24, 2.45) is 0 Å². The molecule has 0 spiro atoms. The van der Waals surface area contributed by atoms with E-state index in [4.69, 9.17) is 4.74 Å². The molecule has 0 aliphatic carbocycles. The third-order valence-electron chi connectivity index (χ3n) is 3.20. The van der Waals surface area contributed by atoms with Gasteiger partial charge in [0.15, 0.2) is 0 Å². The van der Waals surface area contributed by atoms with Crippen molar-refractivity contribution in [3.63, 3.8) is 0 Å². The van der Waals surface area contributed by atoms with Gasteiger partial charge in [-0.2, -0.15) is 0 Å². The maximum absolute atomic E-state index is 5.85. The van der Waals surface area contributed by atoms with Gasteiger partial charge in [-0.05, 0) is 50.8 Å². The number of benzene rings is 1. The molecule has 18 heavy (non-hydrogen) atoms. The van der Waals surface area contributed by atoms with E-state index >= 15 is 0 Å². The van der Waals surface area contributed by atoms with Gasteiger partial charge in [0.25, 0.3) is 0 Å². The van der Waals surface area contributed by atoms with E-state index in [0.29, 0.717) is 6.04 Å². The van der Waals surface area contributed by atoms with Gasteiger partial charge < -0.3 is 10.1 Å². The molecule has 0 aliphatic heterocycles. The van der Waals surface area contributed by atoms with Crippen molar-refractivity contribution in [2.75, 3.05) is 13.2 Å². The van der Waals surface area contributed by atoms with Crippen LogP contribution >= 0.6 is 0 Å². The second-order valence-electron chi connectivity index (χ2n) is 4.76. The molecule has 0 aliphatic rings. The van der Waals surface area contributed by atoms with E-state index in [2.05, 4.69) is 44.3 Å². The van der Waals surface area contributed by atoms with Gasteiger partial charge in [-0.15, -0.1) is 0 Å². The Bertz CT molecular complexity index is 325. The van der Waals surface area contributed by atoms with Gasteiger partial charge in [0.05, 0.1) is 6.61 Å². The average Bonchev–Trinajstić information content (AvgIpc) is 2.39. The Balaban J connectivity index is 2.17. The zero-order valence-corrected chi connectivity index (χ0v) is 12.0. The fourth-order valence-corrected chi connectivity index (χ4v) is 2.12. The first-order valence-electron chi connectivity index (χ1n) is 7.22. The van der Waals surface area contributed by atoms with Crippen molar-refractivity contribution < 1.29 is 4.74 Å². The van der Waals surface area contributed by atoms with Crippen LogP contribution in [0.25, 0.3) is 0 Å². The molecule has 1 atom stereocenters. The van der Waals surface area contributed by atoms with Gasteiger partial charge in [-0.25, -0.2) is 0 Å². The highest BCUT2D eigenvalue weighted by molar-refractivity contribution is 5.33. The van der Waals surface area contributed by atoms with Gasteiger partial charge in [-0.3, -0.25) is 0 Å². The number of aryl methyl sites for hydroxylation is 1. The van der Waals surface area contributed by atoms with Gasteiger partial charge in [-0.1, -0.05) is 32.0 Å². The molecule has 1 aromatic rings. The Morgan fingerprint density at radius 3 is 2.67 bits per heavy atom. The van der Waals surface area contributed by atoms with Crippen LogP contribution in [0.5, 0.6) is 5.75 Å². The van der Waals surface area contributed by atoms with Crippen LogP contribution in [-0.4, -0.2) is 19.2 Å². The van der Waals surface area contributed by atoms with Gasteiger partial charge in [0.1, 0.15) is 5.75 Å². The summed E-state index contributed by atoms with van der Waals surface area (Å²) in [4.78, 5) is 0. The maximum Gasteiger partial charge on any atom is 0.122 e. The largest absolute Gasteiger partial charge is 0.493 e. The molecule has 0 heterocycles. The molecule has 0 saturated heterocycles. The van der Waals surface area contributed by atoms with E-state index in [9.17, 15) is 0 Å². The molecular formula is C16H27NO. The molecule has 0 saturated carbocycles. The first-order valence-corrected chi connectivity index (χ1v) is 7.22. The van der Waals surface area contributed by atoms with Crippen LogP contribution in [0.1, 0.15) is 45.6 Å². The summed E-state index contributed by atoms with van der Waals surface area (Å²) in [5, 5.41) is 3.43. The highest BCUT2D eigenvalue weighted by atomic mass is 16.5. The minimum absolute atomic E-state index is 0.623. The molecular weight excluding hydrogens is 222 g/mol. The highest BCUT2D eigenvalue weighted by Gasteiger charge is 2.01. The number of hydrogen-bond acceptors (Lipinski definition) is 2. The molecule has 2 nitrogen and oxygen atoms in total. The standard InChI is InChI=1S/C16H27NO/c1-4-15-11-6-7-12-16(15)18-13-9-8-10-14(3)17-5-2/h6-7,11-12,14,17H,4-5,8-10,13H2,1-3H3. The Hall–Kier alpha value is -1.02. The number of unbranched alkanes of at least 4 members (excludes halogenated alkanes) is 1. The van der Waals surface area contributed by atoms with E-state index < -0.39 is 0 Å². The lowest BCUT2D eigenvalue weighted by Crippen LogP contribution is -2.25. The predicted molar refractivity (Wildman–Crippen MR) is 78.3 cm³/mol. The molecule has 1 unspecified atom stereocenters. The van der Waals surface area contributed by atoms with E-state index in [1.54, 1.807) is 0 Å². The summed E-state index contributed by atoms with van der Waals surface area (Å²) in [6.45, 7) is 8.45. The third kappa shape index (κ3) is 5.54. The van der Waals surface area contributed by atoms with Crippen LogP contribution in [-0.2, 0) is 6.42 Å². The summed E-state index contributed by atoms with van der Waals surface area (Å²) < 4.78 is 5.85. The Kier molecular flexibility index (Phi) is 7.51. The van der Waals surface area contributed by atoms with Gasteiger partial charge in [0, 0.05) is 6.04 Å². The monoisotopic (exact) mass is 249 g/mol. The Morgan fingerprint density at radius 2 is 1.94 bits per heavy atom. The quantitative estimate of drug-likeness (QED) is 0.672. The molecule has 1 N–H and O–H groups in total. The topological polar surface area (TPSA) is 21.3 Å². The molecule has 0 bridgehead atoms. The number of rotatable bonds is 9. The highest BCUT2D eigenvalue weighted by Crippen LogP contribution is 2.18. The van der Waals surface area contributed by atoms with E-state index in [0.717, 1.165) is 31.7 Å². The second kappa shape index (κ2) is 8.98. The van der Waals surface area contributed by atoms with Crippen molar-refractivity contribution in [1.29, 1.82) is 0 Å². The van der Waals surface area contributed by atoms with Crippen LogP contribution in [0.4, 0.5) is 0 Å². The van der Waals surface area contributed by atoms with Crippen molar-refractivity contribution in [3.05, 3.63) is 29.8 Å². The lowest BCUT2D eigenvalue weighted by molar-refractivity contribution is 0.299. The van der Waals surface area contributed by atoms with Gasteiger partial charge >= 0.3 is 0 Å². The SMILES string of the molecule is CCNC(C)CCCCOc1ccccc1CC. The number of para-hydroxylation sites is 1. The fourth-order valence-electron chi connectivity index (χ4n) is 2.12. The number of ether oxygens (including phenoxy) is 1. The van der Waals surface area contributed by atoms with Crippen LogP contribution < -0.4 is 10.1 Å². The number of nitrogens with one attached hydrogen (secondary N) is 1. The molecule has 0 amide bonds. The summed E-state index contributed by atoms with van der Waals surface area (Å²) in [5.41, 5.74) is 1.30. The first kappa shape index (κ1) is 15.0. The third-order valence-corrected chi connectivity index (χ3v) is 3.20. The Morgan fingerprint density at radius 1 is 1.17 bits per heavy atom. The molecule has 102 valence electrons. The molecule has 0 radical (unpaired) electrons. The second-order valence-corrected chi connectivity index (χ2v) is 4.76. The van der Waals surface area contributed by atoms with Crippen molar-refractivity contribution in [2.45, 2.75) is 52.5 Å². The zero-order valence-electron chi connectivity index (χ0n) is 12.0. The molecule has 0 aromatic heterocycles. The lowest BCUT2D eigenvalue weighted by atomic mass is 10.1. The van der Waals surface area contributed by atoms with Crippen LogP contribution in [0.3, 0.4) is 0 Å². The average molecular weight is 249 g/mol. The van der Waals surface area contributed by atoms with Crippen LogP contribution in [0.2, 0.25) is 0 Å². The Labute approximate surface area is 112 Å². The number of hydrogen-bond donors (Lipinski definition) is 1. The first-order chi connectivity index (χ1) is 8.77. The van der Waals surface area contributed by atoms with Crippen LogP contribution in [0.15, 0.2) is 24.3 Å². The predicted octanol–water partition coefficient (Wildman–Crippen LogP) is 3.80. The van der Waals surface area contributed by atoms with Crippen molar-refractivity contribution in [1.82, 2.24) is 5.32 Å². The fraction of sp³-hybridized carbons (Fsp3) is 0.625. The smallest absolute Gasteiger partial charge is 0.122 e.